The number of nitrogens with zero attached hydrogens (tertiary/aromatic N) is 2. The molecule has 0 bridgehead atoms. The van der Waals surface area contributed by atoms with E-state index in [9.17, 15) is 0 Å². The van der Waals surface area contributed by atoms with Gasteiger partial charge in [0.15, 0.2) is 0 Å². The second-order valence-electron chi connectivity index (χ2n) is 14.6. The molecule has 0 radical (unpaired) electrons. The summed E-state index contributed by atoms with van der Waals surface area (Å²) in [6.45, 7) is 0. The summed E-state index contributed by atoms with van der Waals surface area (Å²) in [6, 6.07) is 44.2. The molecule has 2 nitrogen and oxygen atoms in total. The van der Waals surface area contributed by atoms with Crippen LogP contribution in [0.5, 0.6) is 0 Å². The molecule has 10 rings (SSSR count). The van der Waals surface area contributed by atoms with Crippen LogP contribution in [-0.2, 0) is 0 Å². The lowest BCUT2D eigenvalue weighted by atomic mass is 9.85. The van der Waals surface area contributed by atoms with Crippen molar-refractivity contribution in [2.75, 3.05) is 4.90 Å². The predicted octanol–water partition coefficient (Wildman–Crippen LogP) is 12.4. The number of benzene rings is 5. The number of rotatable bonds is 5. The van der Waals surface area contributed by atoms with Gasteiger partial charge >= 0.3 is 0 Å². The van der Waals surface area contributed by atoms with E-state index in [1.54, 1.807) is 0 Å². The average molecular weight is 647 g/mol. The fourth-order valence-corrected chi connectivity index (χ4v) is 9.25. The molecule has 50 heavy (non-hydrogen) atoms. The van der Waals surface area contributed by atoms with Crippen molar-refractivity contribution in [1.29, 1.82) is 0 Å². The SMILES string of the molecule is C1=CCC(N2c3cc(-c4ccccc4)ccc3C3C=C(c4ccc5c(c4)c4ccccc4n5-c4ccc(C5=CCCCC5)cc4)C=CC32)CC1. The molecule has 0 saturated carbocycles. The third-order valence-corrected chi connectivity index (χ3v) is 11.7. The van der Waals surface area contributed by atoms with Gasteiger partial charge in [0.25, 0.3) is 0 Å². The maximum Gasteiger partial charge on any atom is 0.0584 e. The number of anilines is 1. The van der Waals surface area contributed by atoms with Gasteiger partial charge in [-0.15, -0.1) is 0 Å². The normalized spacial score (nSPS) is 21.3. The van der Waals surface area contributed by atoms with E-state index >= 15 is 0 Å². The summed E-state index contributed by atoms with van der Waals surface area (Å²) in [7, 11) is 0. The Bertz CT molecular complexity index is 2370. The van der Waals surface area contributed by atoms with Crippen molar-refractivity contribution >= 4 is 38.6 Å². The van der Waals surface area contributed by atoms with Crippen molar-refractivity contribution in [1.82, 2.24) is 4.57 Å². The van der Waals surface area contributed by atoms with Gasteiger partial charge in [-0.2, -0.15) is 0 Å². The smallest absolute Gasteiger partial charge is 0.0584 e. The summed E-state index contributed by atoms with van der Waals surface area (Å²) in [5, 5.41) is 2.61. The van der Waals surface area contributed by atoms with Gasteiger partial charge in [0.2, 0.25) is 0 Å². The molecule has 2 heteroatoms. The van der Waals surface area contributed by atoms with Crippen molar-refractivity contribution in [3.63, 3.8) is 0 Å². The number of aromatic nitrogens is 1. The monoisotopic (exact) mass is 646 g/mol. The summed E-state index contributed by atoms with van der Waals surface area (Å²) in [4.78, 5) is 2.76. The molecule has 244 valence electrons. The van der Waals surface area contributed by atoms with Gasteiger partial charge in [-0.1, -0.05) is 115 Å². The molecule has 1 aliphatic heterocycles. The van der Waals surface area contributed by atoms with Gasteiger partial charge in [0.1, 0.15) is 0 Å². The number of hydrogen-bond donors (Lipinski definition) is 0. The largest absolute Gasteiger partial charge is 0.361 e. The Labute approximate surface area is 295 Å². The molecule has 0 spiro atoms. The average Bonchev–Trinajstić information content (AvgIpc) is 3.70. The minimum absolute atomic E-state index is 0.329. The molecule has 0 saturated heterocycles. The highest BCUT2D eigenvalue weighted by Crippen LogP contribution is 2.49. The van der Waals surface area contributed by atoms with Crippen molar-refractivity contribution < 1.29 is 0 Å². The molecule has 3 aliphatic carbocycles. The molecule has 2 heterocycles. The minimum atomic E-state index is 0.329. The molecule has 3 unspecified atom stereocenters. The second-order valence-corrected chi connectivity index (χ2v) is 14.6. The zero-order valence-electron chi connectivity index (χ0n) is 28.5. The first-order valence-corrected chi connectivity index (χ1v) is 18.7. The highest BCUT2D eigenvalue weighted by Gasteiger charge is 2.40. The van der Waals surface area contributed by atoms with Gasteiger partial charge in [-0.25, -0.2) is 0 Å². The Morgan fingerprint density at radius 3 is 2.28 bits per heavy atom. The van der Waals surface area contributed by atoms with Crippen LogP contribution in [0.4, 0.5) is 5.69 Å². The van der Waals surface area contributed by atoms with E-state index in [-0.39, 0.29) is 0 Å². The molecule has 0 N–H and O–H groups in total. The van der Waals surface area contributed by atoms with Crippen LogP contribution < -0.4 is 4.90 Å². The van der Waals surface area contributed by atoms with Crippen LogP contribution in [0.15, 0.2) is 152 Å². The van der Waals surface area contributed by atoms with E-state index in [4.69, 9.17) is 0 Å². The summed E-state index contributed by atoms with van der Waals surface area (Å²) in [5.74, 6) is 0.329. The zero-order chi connectivity index (χ0) is 33.0. The molecule has 6 aromatic rings. The highest BCUT2D eigenvalue weighted by molar-refractivity contribution is 6.10. The molecule has 0 amide bonds. The summed E-state index contributed by atoms with van der Waals surface area (Å²) < 4.78 is 2.45. The number of allylic oxidation sites excluding steroid dienone is 5. The van der Waals surface area contributed by atoms with Gasteiger partial charge < -0.3 is 9.47 Å². The van der Waals surface area contributed by atoms with Crippen LogP contribution >= 0.6 is 0 Å². The van der Waals surface area contributed by atoms with Crippen LogP contribution in [0.2, 0.25) is 0 Å². The topological polar surface area (TPSA) is 8.17 Å². The quantitative estimate of drug-likeness (QED) is 0.169. The van der Waals surface area contributed by atoms with E-state index in [0.717, 1.165) is 12.8 Å². The van der Waals surface area contributed by atoms with Crippen molar-refractivity contribution in [2.45, 2.75) is 62.9 Å². The van der Waals surface area contributed by atoms with Crippen molar-refractivity contribution in [3.8, 4) is 16.8 Å². The lowest BCUT2D eigenvalue weighted by molar-refractivity contribution is 0.513. The third kappa shape index (κ3) is 4.92. The Morgan fingerprint density at radius 1 is 0.620 bits per heavy atom. The van der Waals surface area contributed by atoms with E-state index in [1.165, 1.54) is 104 Å². The molecule has 4 aliphatic rings. The Morgan fingerprint density at radius 2 is 1.44 bits per heavy atom. The highest BCUT2D eigenvalue weighted by atomic mass is 15.2. The molecule has 0 fully saturated rings. The Hall–Kier alpha value is -5.34. The van der Waals surface area contributed by atoms with Crippen LogP contribution in [0, 0.1) is 0 Å². The number of fused-ring (bicyclic) bond motifs is 6. The Balaban J connectivity index is 1.04. The van der Waals surface area contributed by atoms with Gasteiger partial charge in [-0.05, 0) is 120 Å². The summed E-state index contributed by atoms with van der Waals surface area (Å²) in [6.07, 6.45) is 23.1. The Kier molecular flexibility index (Phi) is 7.22. The van der Waals surface area contributed by atoms with Gasteiger partial charge in [-0.3, -0.25) is 0 Å². The van der Waals surface area contributed by atoms with E-state index in [1.807, 2.05) is 0 Å². The number of hydrogen-bond acceptors (Lipinski definition) is 1. The zero-order valence-corrected chi connectivity index (χ0v) is 28.5. The van der Waals surface area contributed by atoms with Crippen molar-refractivity contribution in [3.05, 3.63) is 168 Å². The maximum atomic E-state index is 2.76. The van der Waals surface area contributed by atoms with Crippen LogP contribution in [0.3, 0.4) is 0 Å². The predicted molar refractivity (Wildman–Crippen MR) is 212 cm³/mol. The first-order chi connectivity index (χ1) is 24.8. The number of para-hydroxylation sites is 1. The van der Waals surface area contributed by atoms with E-state index in [2.05, 4.69) is 161 Å². The van der Waals surface area contributed by atoms with E-state index < -0.39 is 0 Å². The second kappa shape index (κ2) is 12.2. The fraction of sp³-hybridized carbons (Fsp3) is 0.208. The van der Waals surface area contributed by atoms with Crippen LogP contribution in [-0.4, -0.2) is 16.7 Å². The molecule has 5 aromatic carbocycles. The molecule has 3 atom stereocenters. The molecule has 1 aromatic heterocycles. The van der Waals surface area contributed by atoms with Crippen molar-refractivity contribution in [2.24, 2.45) is 0 Å². The standard InChI is InChI=1S/C48H42N2/c1-4-12-33(13-5-1)35-20-25-40(26-21-35)49-45-19-11-10-18-41(45)43-30-36(23-28-46(43)49)37-24-29-47-44(31-37)42-27-22-38(34-14-6-2-7-15-34)32-48(42)50(47)39-16-8-3-9-17-39/h2-3,6-8,10-12,14-15,18-32,39,44,47H,1,4-5,9,13,16-17H2. The lowest BCUT2D eigenvalue weighted by Gasteiger charge is -2.37. The van der Waals surface area contributed by atoms with Gasteiger partial charge in [0.05, 0.1) is 17.1 Å². The first-order valence-electron chi connectivity index (χ1n) is 18.7. The van der Waals surface area contributed by atoms with Crippen LogP contribution in [0.1, 0.15) is 67.6 Å². The lowest BCUT2D eigenvalue weighted by Crippen LogP contribution is -2.42. The summed E-state index contributed by atoms with van der Waals surface area (Å²) >= 11 is 0. The minimum Gasteiger partial charge on any atom is -0.361 e. The van der Waals surface area contributed by atoms with Crippen LogP contribution in [0.25, 0.3) is 49.8 Å². The first kappa shape index (κ1) is 29.6. The van der Waals surface area contributed by atoms with E-state index in [0.29, 0.717) is 18.0 Å². The molecular formula is C48H42N2. The molecular weight excluding hydrogens is 605 g/mol. The van der Waals surface area contributed by atoms with Gasteiger partial charge in [0, 0.05) is 34.1 Å². The fourth-order valence-electron chi connectivity index (χ4n) is 9.25. The summed E-state index contributed by atoms with van der Waals surface area (Å²) in [5.41, 5.74) is 14.7. The maximum absolute atomic E-state index is 2.76. The third-order valence-electron chi connectivity index (χ3n) is 11.7.